The van der Waals surface area contributed by atoms with E-state index in [4.69, 9.17) is 4.74 Å². The molecule has 0 bridgehead atoms. The standard InChI is InChI=1S/C17H16FN3O3/c1-20-14-7-6-12(9-15(14)21(2)17(20)23)19-16(22)10-24-13-5-3-4-11(18)8-13/h3-9H,10H2,1-2H3,(H,19,22). The van der Waals surface area contributed by atoms with Gasteiger partial charge in [0.1, 0.15) is 11.6 Å². The Morgan fingerprint density at radius 2 is 1.88 bits per heavy atom. The van der Waals surface area contributed by atoms with Crippen LogP contribution in [-0.2, 0) is 18.9 Å². The van der Waals surface area contributed by atoms with Crippen LogP contribution in [0, 0.1) is 5.82 Å². The number of nitrogens with one attached hydrogen (secondary N) is 1. The lowest BCUT2D eigenvalue weighted by atomic mass is 10.2. The van der Waals surface area contributed by atoms with Crippen LogP contribution >= 0.6 is 0 Å². The first-order chi connectivity index (χ1) is 11.5. The van der Waals surface area contributed by atoms with Crippen LogP contribution in [0.5, 0.6) is 5.75 Å². The second kappa shape index (κ2) is 6.19. The molecule has 2 aromatic carbocycles. The maximum Gasteiger partial charge on any atom is 0.328 e. The van der Waals surface area contributed by atoms with E-state index in [1.165, 1.54) is 27.3 Å². The first-order valence-corrected chi connectivity index (χ1v) is 7.29. The van der Waals surface area contributed by atoms with E-state index >= 15 is 0 Å². The summed E-state index contributed by atoms with van der Waals surface area (Å²) >= 11 is 0. The topological polar surface area (TPSA) is 65.3 Å². The van der Waals surface area contributed by atoms with Gasteiger partial charge in [-0.3, -0.25) is 13.9 Å². The summed E-state index contributed by atoms with van der Waals surface area (Å²) in [5, 5.41) is 2.69. The fraction of sp³-hybridized carbons (Fsp3) is 0.176. The second-order valence-corrected chi connectivity index (χ2v) is 5.40. The third-order valence-corrected chi connectivity index (χ3v) is 3.72. The van der Waals surface area contributed by atoms with Crippen LogP contribution in [0.3, 0.4) is 0 Å². The molecular weight excluding hydrogens is 313 g/mol. The van der Waals surface area contributed by atoms with E-state index in [0.29, 0.717) is 11.2 Å². The van der Waals surface area contributed by atoms with Gasteiger partial charge in [0.15, 0.2) is 6.61 Å². The Morgan fingerprint density at radius 3 is 2.62 bits per heavy atom. The van der Waals surface area contributed by atoms with Gasteiger partial charge >= 0.3 is 5.69 Å². The van der Waals surface area contributed by atoms with Crippen LogP contribution in [0.1, 0.15) is 0 Å². The molecule has 0 saturated carbocycles. The highest BCUT2D eigenvalue weighted by Gasteiger charge is 2.10. The maximum atomic E-state index is 13.0. The summed E-state index contributed by atoms with van der Waals surface area (Å²) in [6.45, 7) is -0.241. The summed E-state index contributed by atoms with van der Waals surface area (Å²) < 4.78 is 21.3. The van der Waals surface area contributed by atoms with E-state index in [9.17, 15) is 14.0 Å². The fourth-order valence-corrected chi connectivity index (χ4v) is 2.49. The number of benzene rings is 2. The molecule has 0 radical (unpaired) electrons. The molecule has 0 aliphatic carbocycles. The third kappa shape index (κ3) is 3.01. The van der Waals surface area contributed by atoms with E-state index in [1.54, 1.807) is 38.4 Å². The Balaban J connectivity index is 1.71. The fourth-order valence-electron chi connectivity index (χ4n) is 2.49. The van der Waals surface area contributed by atoms with E-state index in [2.05, 4.69) is 5.32 Å². The minimum absolute atomic E-state index is 0.136. The van der Waals surface area contributed by atoms with Gasteiger partial charge in [0.05, 0.1) is 11.0 Å². The summed E-state index contributed by atoms with van der Waals surface area (Å²) in [5.41, 5.74) is 1.90. The Bertz CT molecular complexity index is 975. The smallest absolute Gasteiger partial charge is 0.328 e. The molecule has 1 N–H and O–H groups in total. The highest BCUT2D eigenvalue weighted by Crippen LogP contribution is 2.18. The Hall–Kier alpha value is -3.09. The van der Waals surface area contributed by atoms with Crippen molar-refractivity contribution in [3.63, 3.8) is 0 Å². The molecule has 3 rings (SSSR count). The van der Waals surface area contributed by atoms with Crippen molar-refractivity contribution in [1.82, 2.24) is 9.13 Å². The van der Waals surface area contributed by atoms with E-state index in [0.717, 1.165) is 5.52 Å². The number of aromatic nitrogens is 2. The number of carbonyl (C=O) groups is 1. The number of amides is 1. The monoisotopic (exact) mass is 329 g/mol. The number of anilines is 1. The summed E-state index contributed by atoms with van der Waals surface area (Å²) in [4.78, 5) is 23.9. The number of halogens is 1. The van der Waals surface area contributed by atoms with Gasteiger partial charge in [-0.15, -0.1) is 0 Å². The molecule has 0 saturated heterocycles. The van der Waals surface area contributed by atoms with E-state index in [-0.39, 0.29) is 24.0 Å². The minimum Gasteiger partial charge on any atom is -0.484 e. The lowest BCUT2D eigenvalue weighted by Crippen LogP contribution is -2.20. The predicted octanol–water partition coefficient (Wildman–Crippen LogP) is 2.03. The third-order valence-electron chi connectivity index (χ3n) is 3.72. The lowest BCUT2D eigenvalue weighted by molar-refractivity contribution is -0.118. The number of hydrogen-bond acceptors (Lipinski definition) is 3. The molecule has 24 heavy (non-hydrogen) atoms. The lowest BCUT2D eigenvalue weighted by Gasteiger charge is -2.08. The van der Waals surface area contributed by atoms with Crippen molar-refractivity contribution in [2.75, 3.05) is 11.9 Å². The molecule has 1 heterocycles. The summed E-state index contributed by atoms with van der Waals surface area (Å²) in [5.74, 6) is -0.519. The average molecular weight is 329 g/mol. The zero-order valence-corrected chi connectivity index (χ0v) is 13.2. The number of rotatable bonds is 4. The SMILES string of the molecule is Cn1c(=O)n(C)c2cc(NC(=O)COc3cccc(F)c3)ccc21. The van der Waals surface area contributed by atoms with Crippen molar-refractivity contribution in [3.05, 3.63) is 58.8 Å². The second-order valence-electron chi connectivity index (χ2n) is 5.40. The van der Waals surface area contributed by atoms with E-state index < -0.39 is 5.82 Å². The summed E-state index contributed by atoms with van der Waals surface area (Å²) in [6.07, 6.45) is 0. The van der Waals surface area contributed by atoms with Gasteiger partial charge in [-0.25, -0.2) is 9.18 Å². The van der Waals surface area contributed by atoms with Crippen molar-refractivity contribution in [3.8, 4) is 5.75 Å². The molecule has 0 aliphatic heterocycles. The van der Waals surface area contributed by atoms with Crippen molar-refractivity contribution in [1.29, 1.82) is 0 Å². The molecule has 1 amide bonds. The number of nitrogens with zero attached hydrogens (tertiary/aromatic N) is 2. The van der Waals surface area contributed by atoms with Crippen molar-refractivity contribution in [2.24, 2.45) is 14.1 Å². The van der Waals surface area contributed by atoms with Gasteiger partial charge < -0.3 is 10.1 Å². The molecule has 0 fully saturated rings. The molecule has 0 aliphatic rings. The number of ether oxygens (including phenoxy) is 1. The van der Waals surface area contributed by atoms with Crippen LogP contribution < -0.4 is 15.7 Å². The van der Waals surface area contributed by atoms with Gasteiger partial charge in [-0.2, -0.15) is 0 Å². The Morgan fingerprint density at radius 1 is 1.12 bits per heavy atom. The van der Waals surface area contributed by atoms with Gasteiger partial charge in [-0.05, 0) is 30.3 Å². The van der Waals surface area contributed by atoms with Crippen molar-refractivity contribution in [2.45, 2.75) is 0 Å². The minimum atomic E-state index is -0.427. The number of carbonyl (C=O) groups excluding carboxylic acids is 1. The molecule has 0 atom stereocenters. The molecule has 3 aromatic rings. The summed E-state index contributed by atoms with van der Waals surface area (Å²) in [6, 6.07) is 10.8. The van der Waals surface area contributed by atoms with Gasteiger partial charge in [0.2, 0.25) is 0 Å². The summed E-state index contributed by atoms with van der Waals surface area (Å²) in [7, 11) is 3.36. The molecular formula is C17H16FN3O3. The van der Waals surface area contributed by atoms with Crippen LogP contribution in [0.2, 0.25) is 0 Å². The molecule has 7 heteroatoms. The first kappa shape index (κ1) is 15.8. The number of aryl methyl sites for hydroxylation is 2. The van der Waals surface area contributed by atoms with Crippen LogP contribution in [0.15, 0.2) is 47.3 Å². The largest absolute Gasteiger partial charge is 0.484 e. The number of fused-ring (bicyclic) bond motifs is 1. The Labute approximate surface area is 137 Å². The van der Waals surface area contributed by atoms with E-state index in [1.807, 2.05) is 0 Å². The van der Waals surface area contributed by atoms with Crippen molar-refractivity contribution >= 4 is 22.6 Å². The highest BCUT2D eigenvalue weighted by molar-refractivity contribution is 5.94. The zero-order chi connectivity index (χ0) is 17.3. The van der Waals surface area contributed by atoms with Crippen LogP contribution in [-0.4, -0.2) is 21.6 Å². The average Bonchev–Trinajstić information content (AvgIpc) is 2.77. The van der Waals surface area contributed by atoms with Gasteiger partial charge in [0, 0.05) is 25.8 Å². The van der Waals surface area contributed by atoms with Gasteiger partial charge in [-0.1, -0.05) is 6.07 Å². The molecule has 6 nitrogen and oxygen atoms in total. The number of imidazole rings is 1. The molecule has 1 aromatic heterocycles. The number of hydrogen-bond donors (Lipinski definition) is 1. The maximum absolute atomic E-state index is 13.0. The quantitative estimate of drug-likeness (QED) is 0.796. The molecule has 0 spiro atoms. The Kier molecular flexibility index (Phi) is 4.07. The zero-order valence-electron chi connectivity index (χ0n) is 13.2. The molecule has 124 valence electrons. The molecule has 0 unspecified atom stereocenters. The van der Waals surface area contributed by atoms with Crippen molar-refractivity contribution < 1.29 is 13.9 Å². The first-order valence-electron chi connectivity index (χ1n) is 7.29. The normalized spacial score (nSPS) is 10.8. The highest BCUT2D eigenvalue weighted by atomic mass is 19.1. The van der Waals surface area contributed by atoms with Crippen LogP contribution in [0.4, 0.5) is 10.1 Å². The van der Waals surface area contributed by atoms with Crippen LogP contribution in [0.25, 0.3) is 11.0 Å². The predicted molar refractivity (Wildman–Crippen MR) is 88.7 cm³/mol. The van der Waals surface area contributed by atoms with Gasteiger partial charge in [0.25, 0.3) is 5.91 Å².